The van der Waals surface area contributed by atoms with E-state index in [9.17, 15) is 0 Å². The van der Waals surface area contributed by atoms with E-state index in [1.807, 2.05) is 35.2 Å². The SMILES string of the molecule is [B]/N=C1/C(C=C)=C(N=C)OCCN1C(=C)c1ccccc1. The fraction of sp³-hybridized carbons (Fsp3) is 0.125. The molecule has 0 bridgehead atoms. The van der Waals surface area contributed by atoms with Gasteiger partial charge < -0.3 is 14.5 Å². The Balaban J connectivity index is 2.44. The Morgan fingerprint density at radius 2 is 2.05 bits per heavy atom. The molecule has 0 fully saturated rings. The van der Waals surface area contributed by atoms with Gasteiger partial charge in [0.2, 0.25) is 5.88 Å². The van der Waals surface area contributed by atoms with E-state index >= 15 is 0 Å². The Bertz CT molecular complexity index is 620. The molecule has 2 radical (unpaired) electrons. The summed E-state index contributed by atoms with van der Waals surface area (Å²) < 4.78 is 5.56. The molecule has 2 rings (SSSR count). The molecule has 0 spiro atoms. The van der Waals surface area contributed by atoms with E-state index in [1.54, 1.807) is 6.08 Å². The van der Waals surface area contributed by atoms with Gasteiger partial charge >= 0.3 is 0 Å². The average Bonchev–Trinajstić information content (AvgIpc) is 2.73. The Kier molecular flexibility index (Phi) is 4.77. The second-order valence-electron chi connectivity index (χ2n) is 4.35. The van der Waals surface area contributed by atoms with E-state index in [1.165, 1.54) is 0 Å². The molecule has 0 aromatic heterocycles. The molecule has 5 heteroatoms. The maximum absolute atomic E-state index is 5.57. The minimum Gasteiger partial charge on any atom is -0.475 e. The first kappa shape index (κ1) is 14.8. The molecule has 0 aliphatic carbocycles. The molecule has 0 saturated carbocycles. The molecule has 4 nitrogen and oxygen atoms in total. The Hall–Kier alpha value is -2.56. The van der Waals surface area contributed by atoms with Gasteiger partial charge in [0.15, 0.2) is 0 Å². The average molecular weight is 277 g/mol. The van der Waals surface area contributed by atoms with Crippen LogP contribution in [0.5, 0.6) is 0 Å². The highest BCUT2D eigenvalue weighted by molar-refractivity contribution is 6.18. The molecular formula is C16H16BN3O. The van der Waals surface area contributed by atoms with E-state index < -0.39 is 0 Å². The van der Waals surface area contributed by atoms with Gasteiger partial charge in [-0.1, -0.05) is 49.6 Å². The van der Waals surface area contributed by atoms with Crippen molar-refractivity contribution >= 4 is 26.2 Å². The van der Waals surface area contributed by atoms with E-state index in [0.29, 0.717) is 30.4 Å². The van der Waals surface area contributed by atoms with Crippen LogP contribution < -0.4 is 0 Å². The summed E-state index contributed by atoms with van der Waals surface area (Å²) in [4.78, 5) is 9.63. The molecule has 104 valence electrons. The van der Waals surface area contributed by atoms with Gasteiger partial charge in [-0.2, -0.15) is 0 Å². The zero-order chi connectivity index (χ0) is 15.2. The molecule has 0 atom stereocenters. The van der Waals surface area contributed by atoms with Crippen LogP contribution in [0.2, 0.25) is 0 Å². The second-order valence-corrected chi connectivity index (χ2v) is 4.35. The van der Waals surface area contributed by atoms with Crippen molar-refractivity contribution in [3.05, 3.63) is 66.6 Å². The lowest BCUT2D eigenvalue weighted by Crippen LogP contribution is -2.31. The summed E-state index contributed by atoms with van der Waals surface area (Å²) in [5, 5.41) is 0. The molecule has 0 unspecified atom stereocenters. The summed E-state index contributed by atoms with van der Waals surface area (Å²) in [6, 6.07) is 9.82. The first-order valence-electron chi connectivity index (χ1n) is 6.49. The molecule has 1 heterocycles. The normalized spacial score (nSPS) is 17.1. The van der Waals surface area contributed by atoms with Crippen LogP contribution in [0.4, 0.5) is 0 Å². The lowest BCUT2D eigenvalue weighted by atomic mass is 10.1. The lowest BCUT2D eigenvalue weighted by molar-refractivity contribution is 0.206. The minimum atomic E-state index is 0.373. The Morgan fingerprint density at radius 3 is 2.62 bits per heavy atom. The van der Waals surface area contributed by atoms with Gasteiger partial charge in [0.1, 0.15) is 12.4 Å². The highest BCUT2D eigenvalue weighted by atomic mass is 16.5. The smallest absolute Gasteiger partial charge is 0.262 e. The Labute approximate surface area is 126 Å². The van der Waals surface area contributed by atoms with Crippen LogP contribution in [0.15, 0.2) is 70.9 Å². The molecule has 1 aromatic rings. The summed E-state index contributed by atoms with van der Waals surface area (Å²) in [6.07, 6.45) is 1.60. The van der Waals surface area contributed by atoms with E-state index in [4.69, 9.17) is 12.7 Å². The van der Waals surface area contributed by atoms with Gasteiger partial charge in [-0.25, -0.2) is 4.99 Å². The fourth-order valence-corrected chi connectivity index (χ4v) is 2.16. The Morgan fingerprint density at radius 1 is 1.33 bits per heavy atom. The van der Waals surface area contributed by atoms with Crippen molar-refractivity contribution in [3.63, 3.8) is 0 Å². The molecule has 0 amide bonds. The minimum absolute atomic E-state index is 0.373. The van der Waals surface area contributed by atoms with Crippen molar-refractivity contribution in [1.29, 1.82) is 0 Å². The maximum Gasteiger partial charge on any atom is 0.262 e. The first-order valence-corrected chi connectivity index (χ1v) is 6.49. The molecule has 0 N–H and O–H groups in total. The predicted octanol–water partition coefficient (Wildman–Crippen LogP) is 2.57. The summed E-state index contributed by atoms with van der Waals surface area (Å²) in [6.45, 7) is 12.4. The zero-order valence-corrected chi connectivity index (χ0v) is 11.8. The monoisotopic (exact) mass is 277 g/mol. The maximum atomic E-state index is 5.57. The van der Waals surface area contributed by atoms with E-state index in [0.717, 1.165) is 11.3 Å². The second kappa shape index (κ2) is 6.75. The number of ether oxygens (including phenoxy) is 1. The van der Waals surface area contributed by atoms with Crippen LogP contribution in [-0.2, 0) is 4.74 Å². The highest BCUT2D eigenvalue weighted by Gasteiger charge is 2.23. The number of amidine groups is 1. The molecule has 0 saturated heterocycles. The predicted molar refractivity (Wildman–Crippen MR) is 88.1 cm³/mol. The molecular weight excluding hydrogens is 261 g/mol. The topological polar surface area (TPSA) is 37.2 Å². The third-order valence-electron chi connectivity index (χ3n) is 3.18. The zero-order valence-electron chi connectivity index (χ0n) is 11.8. The number of hydrogen-bond donors (Lipinski definition) is 0. The van der Waals surface area contributed by atoms with E-state index in [2.05, 4.69) is 29.8 Å². The van der Waals surface area contributed by atoms with Crippen molar-refractivity contribution in [2.24, 2.45) is 9.90 Å². The number of benzene rings is 1. The van der Waals surface area contributed by atoms with Crippen LogP contribution in [0.1, 0.15) is 5.56 Å². The summed E-state index contributed by atoms with van der Waals surface area (Å²) in [7, 11) is 5.57. The van der Waals surface area contributed by atoms with Crippen molar-refractivity contribution in [2.75, 3.05) is 13.2 Å². The van der Waals surface area contributed by atoms with Crippen LogP contribution in [0.3, 0.4) is 0 Å². The third-order valence-corrected chi connectivity index (χ3v) is 3.18. The largest absolute Gasteiger partial charge is 0.475 e. The third kappa shape index (κ3) is 2.97. The van der Waals surface area contributed by atoms with Crippen molar-refractivity contribution in [3.8, 4) is 0 Å². The quantitative estimate of drug-likeness (QED) is 0.626. The summed E-state index contributed by atoms with van der Waals surface area (Å²) in [5.74, 6) is 0.885. The number of rotatable bonds is 4. The fourth-order valence-electron chi connectivity index (χ4n) is 2.16. The molecule has 1 aliphatic heterocycles. The first-order chi connectivity index (χ1) is 10.2. The van der Waals surface area contributed by atoms with Crippen LogP contribution >= 0.6 is 0 Å². The van der Waals surface area contributed by atoms with Gasteiger partial charge in [-0.15, -0.1) is 0 Å². The highest BCUT2D eigenvalue weighted by Crippen LogP contribution is 2.24. The summed E-state index contributed by atoms with van der Waals surface area (Å²) >= 11 is 0. The molecule has 1 aromatic carbocycles. The van der Waals surface area contributed by atoms with Gasteiger partial charge in [-0.3, -0.25) is 0 Å². The number of hydrogen-bond acceptors (Lipinski definition) is 3. The van der Waals surface area contributed by atoms with Crippen LogP contribution in [0, 0.1) is 0 Å². The van der Waals surface area contributed by atoms with Gasteiger partial charge in [0.25, 0.3) is 7.98 Å². The van der Waals surface area contributed by atoms with Crippen LogP contribution in [0.25, 0.3) is 5.70 Å². The van der Waals surface area contributed by atoms with Gasteiger partial charge in [0, 0.05) is 5.70 Å². The molecule has 21 heavy (non-hydrogen) atoms. The number of aliphatic imine (C=N–C) groups is 1. The number of nitrogens with zero attached hydrogens (tertiary/aromatic N) is 3. The lowest BCUT2D eigenvalue weighted by Gasteiger charge is -2.26. The van der Waals surface area contributed by atoms with Gasteiger partial charge in [0.05, 0.1) is 12.1 Å². The van der Waals surface area contributed by atoms with Crippen LogP contribution in [-0.4, -0.2) is 38.6 Å². The van der Waals surface area contributed by atoms with Crippen molar-refractivity contribution in [1.82, 2.24) is 4.90 Å². The molecule has 1 aliphatic rings. The van der Waals surface area contributed by atoms with Crippen molar-refractivity contribution < 1.29 is 4.74 Å². The van der Waals surface area contributed by atoms with E-state index in [-0.39, 0.29) is 0 Å². The van der Waals surface area contributed by atoms with Gasteiger partial charge in [-0.05, 0) is 12.3 Å². The standard InChI is InChI=1S/C16H16BN3O/c1-4-14-15(19-17)20(10-11-21-16(14)18-3)12(2)13-8-6-5-7-9-13/h4-9H,1-3,10-11H2/b19-15-. The van der Waals surface area contributed by atoms with Crippen molar-refractivity contribution in [2.45, 2.75) is 0 Å². The summed E-state index contributed by atoms with van der Waals surface area (Å²) in [5.41, 5.74) is 2.37.